The molecule has 0 bridgehead atoms. The van der Waals surface area contributed by atoms with Crippen LogP contribution in [0, 0.1) is 33.5 Å². The number of hydrogen-bond acceptors (Lipinski definition) is 3. The van der Waals surface area contributed by atoms with Gasteiger partial charge in [-0.2, -0.15) is 5.26 Å². The second-order valence-corrected chi connectivity index (χ2v) is 8.23. The van der Waals surface area contributed by atoms with Crippen LogP contribution < -0.4 is 0 Å². The van der Waals surface area contributed by atoms with Crippen molar-refractivity contribution in [3.8, 4) is 6.07 Å². The van der Waals surface area contributed by atoms with Gasteiger partial charge < -0.3 is 0 Å². The van der Waals surface area contributed by atoms with Crippen LogP contribution in [-0.2, 0) is 9.59 Å². The SMILES string of the molecule is CC[C@]1(C)C(=O)C(C#N)=C[C@]2(C)C3=CC(=O)CCC3(C)CCC21. The highest BCUT2D eigenvalue weighted by atomic mass is 16.1. The molecule has 2 unspecified atom stereocenters. The first-order chi connectivity index (χ1) is 10.7. The summed E-state index contributed by atoms with van der Waals surface area (Å²) in [5, 5.41) is 9.48. The molecule has 23 heavy (non-hydrogen) atoms. The van der Waals surface area contributed by atoms with Gasteiger partial charge in [0, 0.05) is 17.3 Å². The molecule has 3 nitrogen and oxygen atoms in total. The number of hydrogen-bond donors (Lipinski definition) is 0. The lowest BCUT2D eigenvalue weighted by atomic mass is 9.44. The average Bonchev–Trinajstić information content (AvgIpc) is 2.52. The molecule has 0 aromatic carbocycles. The Bertz CT molecular complexity index is 695. The molecule has 0 heterocycles. The molecule has 0 saturated heterocycles. The first-order valence-corrected chi connectivity index (χ1v) is 8.64. The molecule has 4 atom stereocenters. The molecule has 0 aliphatic heterocycles. The Morgan fingerprint density at radius 3 is 2.57 bits per heavy atom. The Balaban J connectivity index is 2.26. The Hall–Kier alpha value is -1.69. The van der Waals surface area contributed by atoms with Crippen LogP contribution in [0.2, 0.25) is 0 Å². The summed E-state index contributed by atoms with van der Waals surface area (Å²) in [5.74, 6) is 0.326. The molecule has 1 fully saturated rings. The topological polar surface area (TPSA) is 57.9 Å². The molecule has 0 aromatic rings. The maximum atomic E-state index is 12.8. The summed E-state index contributed by atoms with van der Waals surface area (Å²) in [4.78, 5) is 24.9. The van der Waals surface area contributed by atoms with Crippen LogP contribution in [0.1, 0.15) is 59.8 Å². The highest BCUT2D eigenvalue weighted by molar-refractivity contribution is 6.04. The Kier molecular flexibility index (Phi) is 3.45. The Morgan fingerprint density at radius 2 is 1.96 bits per heavy atom. The van der Waals surface area contributed by atoms with Crippen molar-refractivity contribution in [2.75, 3.05) is 0 Å². The zero-order chi connectivity index (χ0) is 17.0. The van der Waals surface area contributed by atoms with Gasteiger partial charge >= 0.3 is 0 Å². The molecule has 3 rings (SSSR count). The van der Waals surface area contributed by atoms with Crippen molar-refractivity contribution in [3.63, 3.8) is 0 Å². The van der Waals surface area contributed by atoms with Crippen molar-refractivity contribution in [3.05, 3.63) is 23.3 Å². The minimum Gasteiger partial charge on any atom is -0.295 e. The predicted octanol–water partition coefficient (Wildman–Crippen LogP) is 4.15. The Morgan fingerprint density at radius 1 is 1.26 bits per heavy atom. The quantitative estimate of drug-likeness (QED) is 0.731. The van der Waals surface area contributed by atoms with Crippen LogP contribution in [0.15, 0.2) is 23.3 Å². The van der Waals surface area contributed by atoms with E-state index in [0.29, 0.717) is 6.42 Å². The third-order valence-electron chi connectivity index (χ3n) is 7.00. The maximum Gasteiger partial charge on any atom is 0.179 e. The van der Waals surface area contributed by atoms with E-state index in [2.05, 4.69) is 19.9 Å². The molecule has 0 N–H and O–H groups in total. The maximum absolute atomic E-state index is 12.8. The monoisotopic (exact) mass is 311 g/mol. The normalized spacial score (nSPS) is 43.0. The van der Waals surface area contributed by atoms with Gasteiger partial charge in [0.15, 0.2) is 11.6 Å². The van der Waals surface area contributed by atoms with E-state index in [1.807, 2.05) is 26.0 Å². The predicted molar refractivity (Wildman–Crippen MR) is 88.4 cm³/mol. The van der Waals surface area contributed by atoms with Gasteiger partial charge in [0.2, 0.25) is 0 Å². The third kappa shape index (κ3) is 2.00. The van der Waals surface area contributed by atoms with E-state index in [0.717, 1.165) is 31.3 Å². The lowest BCUT2D eigenvalue weighted by Gasteiger charge is -2.58. The van der Waals surface area contributed by atoms with Gasteiger partial charge in [0.05, 0.1) is 5.57 Å². The lowest BCUT2D eigenvalue weighted by Crippen LogP contribution is -2.54. The van der Waals surface area contributed by atoms with Crippen LogP contribution in [0.25, 0.3) is 0 Å². The number of allylic oxidation sites excluding steroid dienone is 4. The number of nitriles is 1. The number of carbonyl (C=O) groups excluding carboxylic acids is 2. The minimum atomic E-state index is -0.517. The Labute approximate surface area is 138 Å². The summed E-state index contributed by atoms with van der Waals surface area (Å²) in [6.07, 6.45) is 7.91. The smallest absolute Gasteiger partial charge is 0.179 e. The van der Waals surface area contributed by atoms with E-state index < -0.39 is 5.41 Å². The highest BCUT2D eigenvalue weighted by Gasteiger charge is 2.59. The minimum absolute atomic E-state index is 0.0173. The number of carbonyl (C=O) groups is 2. The summed E-state index contributed by atoms with van der Waals surface area (Å²) in [6.45, 7) is 8.42. The largest absolute Gasteiger partial charge is 0.295 e. The van der Waals surface area contributed by atoms with E-state index in [9.17, 15) is 14.9 Å². The van der Waals surface area contributed by atoms with Crippen molar-refractivity contribution in [1.82, 2.24) is 0 Å². The lowest BCUT2D eigenvalue weighted by molar-refractivity contribution is -0.132. The van der Waals surface area contributed by atoms with E-state index in [1.165, 1.54) is 0 Å². The van der Waals surface area contributed by atoms with Crippen molar-refractivity contribution in [2.24, 2.45) is 22.2 Å². The first kappa shape index (κ1) is 16.2. The zero-order valence-corrected chi connectivity index (χ0v) is 14.5. The fourth-order valence-electron chi connectivity index (χ4n) is 5.44. The number of fused-ring (bicyclic) bond motifs is 3. The van der Waals surface area contributed by atoms with E-state index in [1.54, 1.807) is 0 Å². The molecular weight excluding hydrogens is 286 g/mol. The second kappa shape index (κ2) is 4.90. The number of Topliss-reactive ketones (excluding diaryl/α,β-unsaturated/α-hetero) is 1. The van der Waals surface area contributed by atoms with E-state index in [-0.39, 0.29) is 33.9 Å². The molecule has 0 spiro atoms. The summed E-state index contributed by atoms with van der Waals surface area (Å²) in [6, 6.07) is 2.12. The fourth-order valence-corrected chi connectivity index (χ4v) is 5.44. The van der Waals surface area contributed by atoms with Crippen molar-refractivity contribution >= 4 is 11.6 Å². The molecule has 0 amide bonds. The molecular formula is C20H25NO2. The van der Waals surface area contributed by atoms with Gasteiger partial charge in [-0.25, -0.2) is 0 Å². The number of nitrogens with zero attached hydrogens (tertiary/aromatic N) is 1. The zero-order valence-electron chi connectivity index (χ0n) is 14.5. The third-order valence-corrected chi connectivity index (χ3v) is 7.00. The summed E-state index contributed by atoms with van der Waals surface area (Å²) < 4.78 is 0. The van der Waals surface area contributed by atoms with Crippen LogP contribution in [0.3, 0.4) is 0 Å². The van der Waals surface area contributed by atoms with Crippen LogP contribution in [0.5, 0.6) is 0 Å². The second-order valence-electron chi connectivity index (χ2n) is 8.23. The van der Waals surface area contributed by atoms with E-state index >= 15 is 0 Å². The molecule has 0 aromatic heterocycles. The molecule has 3 aliphatic carbocycles. The van der Waals surface area contributed by atoms with Gasteiger partial charge in [-0.3, -0.25) is 9.59 Å². The summed E-state index contributed by atoms with van der Waals surface area (Å²) in [5.41, 5.74) is 0.559. The van der Waals surface area contributed by atoms with Crippen molar-refractivity contribution < 1.29 is 9.59 Å². The molecule has 3 heteroatoms. The summed E-state index contributed by atoms with van der Waals surface area (Å²) in [7, 11) is 0. The molecule has 0 radical (unpaired) electrons. The van der Waals surface area contributed by atoms with Crippen molar-refractivity contribution in [1.29, 1.82) is 5.26 Å². The fraction of sp³-hybridized carbons (Fsp3) is 0.650. The molecule has 122 valence electrons. The van der Waals surface area contributed by atoms with Gasteiger partial charge in [-0.15, -0.1) is 0 Å². The van der Waals surface area contributed by atoms with Crippen LogP contribution >= 0.6 is 0 Å². The molecule has 1 saturated carbocycles. The summed E-state index contributed by atoms with van der Waals surface area (Å²) >= 11 is 0. The van der Waals surface area contributed by atoms with Gasteiger partial charge in [-0.05, 0) is 43.1 Å². The average molecular weight is 311 g/mol. The standard InChI is InChI=1S/C20H25NO2/c1-5-19(3)15-7-9-18(2)8-6-14(22)10-16(18)20(15,4)11-13(12-21)17(19)23/h10-11,15H,5-9H2,1-4H3/t15?,18?,19-,20-/m0/s1. The van der Waals surface area contributed by atoms with Gasteiger partial charge in [0.1, 0.15) is 6.07 Å². The van der Waals surface area contributed by atoms with Crippen LogP contribution in [-0.4, -0.2) is 11.6 Å². The first-order valence-electron chi connectivity index (χ1n) is 8.64. The van der Waals surface area contributed by atoms with Gasteiger partial charge in [-0.1, -0.05) is 39.3 Å². The highest BCUT2D eigenvalue weighted by Crippen LogP contribution is 2.64. The number of ketones is 2. The van der Waals surface area contributed by atoms with Gasteiger partial charge in [0.25, 0.3) is 0 Å². The number of rotatable bonds is 1. The van der Waals surface area contributed by atoms with E-state index in [4.69, 9.17) is 0 Å². The molecule has 3 aliphatic rings. The van der Waals surface area contributed by atoms with Crippen molar-refractivity contribution in [2.45, 2.75) is 59.8 Å². The van der Waals surface area contributed by atoms with Crippen LogP contribution in [0.4, 0.5) is 0 Å².